The molecule has 2 atom stereocenters. The molecule has 0 aliphatic carbocycles. The predicted octanol–water partition coefficient (Wildman–Crippen LogP) is 0.707. The molecule has 0 aromatic heterocycles. The van der Waals surface area contributed by atoms with Gasteiger partial charge in [-0.05, 0) is 38.3 Å². The zero-order chi connectivity index (χ0) is 9.80. The Labute approximate surface area is 86.8 Å². The van der Waals surface area contributed by atoms with E-state index in [1.807, 2.05) is 7.11 Å². The Morgan fingerprint density at radius 1 is 1.43 bits per heavy atom. The van der Waals surface area contributed by atoms with Gasteiger partial charge in [0, 0.05) is 26.7 Å². The first-order valence-corrected chi connectivity index (χ1v) is 5.84. The average molecular weight is 198 g/mol. The Kier molecular flexibility index (Phi) is 3.79. The zero-order valence-corrected chi connectivity index (χ0v) is 9.17. The van der Waals surface area contributed by atoms with Gasteiger partial charge in [0.15, 0.2) is 0 Å². The number of nitrogens with one attached hydrogen (secondary N) is 1. The Morgan fingerprint density at radius 2 is 2.36 bits per heavy atom. The number of rotatable bonds is 3. The number of methoxy groups -OCH3 is 1. The minimum Gasteiger partial charge on any atom is -0.380 e. The van der Waals surface area contributed by atoms with Crippen LogP contribution < -0.4 is 5.32 Å². The van der Waals surface area contributed by atoms with E-state index >= 15 is 0 Å². The number of hydrogen-bond acceptors (Lipinski definition) is 3. The van der Waals surface area contributed by atoms with Crippen molar-refractivity contribution in [1.82, 2.24) is 10.2 Å². The van der Waals surface area contributed by atoms with E-state index in [9.17, 15) is 0 Å². The van der Waals surface area contributed by atoms with Gasteiger partial charge in [0.05, 0.1) is 6.10 Å². The Morgan fingerprint density at radius 3 is 3.00 bits per heavy atom. The van der Waals surface area contributed by atoms with Crippen LogP contribution in [0.5, 0.6) is 0 Å². The molecule has 0 aromatic rings. The number of hydrogen-bond donors (Lipinski definition) is 1. The fraction of sp³-hybridized carbons (Fsp3) is 1.00. The van der Waals surface area contributed by atoms with Crippen LogP contribution in [0.3, 0.4) is 0 Å². The summed E-state index contributed by atoms with van der Waals surface area (Å²) < 4.78 is 5.37. The van der Waals surface area contributed by atoms with E-state index in [-0.39, 0.29) is 0 Å². The average Bonchev–Trinajstić information content (AvgIpc) is 2.67. The molecule has 2 heterocycles. The summed E-state index contributed by atoms with van der Waals surface area (Å²) in [5.41, 5.74) is 0. The smallest absolute Gasteiger partial charge is 0.0710 e. The summed E-state index contributed by atoms with van der Waals surface area (Å²) in [4.78, 5) is 2.56. The molecule has 0 radical (unpaired) electrons. The molecule has 2 saturated heterocycles. The van der Waals surface area contributed by atoms with Crippen molar-refractivity contribution in [1.29, 1.82) is 0 Å². The van der Waals surface area contributed by atoms with Gasteiger partial charge in [0.1, 0.15) is 0 Å². The first-order chi connectivity index (χ1) is 6.88. The maximum atomic E-state index is 5.37. The first-order valence-electron chi connectivity index (χ1n) is 5.84. The number of piperidine rings is 1. The molecule has 0 bridgehead atoms. The van der Waals surface area contributed by atoms with Gasteiger partial charge in [-0.15, -0.1) is 0 Å². The standard InChI is InChI=1S/C11H22N2O/c1-14-11-4-6-13(9-11)8-10-3-2-5-12-7-10/h10-12H,2-9H2,1H3. The highest BCUT2D eigenvalue weighted by molar-refractivity contribution is 4.79. The first kappa shape index (κ1) is 10.4. The molecule has 0 saturated carbocycles. The molecule has 0 amide bonds. The van der Waals surface area contributed by atoms with Gasteiger partial charge >= 0.3 is 0 Å². The Hall–Kier alpha value is -0.120. The lowest BCUT2D eigenvalue weighted by Crippen LogP contribution is -2.37. The summed E-state index contributed by atoms with van der Waals surface area (Å²) in [6.07, 6.45) is 4.47. The molecule has 2 unspecified atom stereocenters. The molecule has 82 valence electrons. The van der Waals surface area contributed by atoms with Gasteiger partial charge in [-0.2, -0.15) is 0 Å². The van der Waals surface area contributed by atoms with E-state index in [1.54, 1.807) is 0 Å². The number of likely N-dealkylation sites (tertiary alicyclic amines) is 1. The van der Waals surface area contributed by atoms with Gasteiger partial charge < -0.3 is 15.0 Å². The summed E-state index contributed by atoms with van der Waals surface area (Å²) in [5, 5.41) is 3.48. The van der Waals surface area contributed by atoms with Crippen LogP contribution in [0.1, 0.15) is 19.3 Å². The molecular weight excluding hydrogens is 176 g/mol. The zero-order valence-electron chi connectivity index (χ0n) is 9.17. The van der Waals surface area contributed by atoms with E-state index in [0.717, 1.165) is 12.5 Å². The number of ether oxygens (including phenoxy) is 1. The lowest BCUT2D eigenvalue weighted by atomic mass is 9.99. The summed E-state index contributed by atoms with van der Waals surface area (Å²) >= 11 is 0. The Balaban J connectivity index is 1.69. The monoisotopic (exact) mass is 198 g/mol. The molecule has 2 aliphatic rings. The van der Waals surface area contributed by atoms with Crippen molar-refractivity contribution >= 4 is 0 Å². The van der Waals surface area contributed by atoms with Gasteiger partial charge in [-0.25, -0.2) is 0 Å². The van der Waals surface area contributed by atoms with Gasteiger partial charge in [-0.1, -0.05) is 0 Å². The van der Waals surface area contributed by atoms with Crippen molar-refractivity contribution < 1.29 is 4.74 Å². The molecule has 0 spiro atoms. The highest BCUT2D eigenvalue weighted by atomic mass is 16.5. The molecule has 3 nitrogen and oxygen atoms in total. The van der Waals surface area contributed by atoms with Crippen molar-refractivity contribution in [2.75, 3.05) is 39.8 Å². The second kappa shape index (κ2) is 5.10. The van der Waals surface area contributed by atoms with Crippen LogP contribution >= 0.6 is 0 Å². The highest BCUT2D eigenvalue weighted by Crippen LogP contribution is 2.17. The highest BCUT2D eigenvalue weighted by Gasteiger charge is 2.24. The van der Waals surface area contributed by atoms with Crippen molar-refractivity contribution in [3.63, 3.8) is 0 Å². The van der Waals surface area contributed by atoms with Crippen LogP contribution in [0.15, 0.2) is 0 Å². The third-order valence-electron chi connectivity index (χ3n) is 3.48. The van der Waals surface area contributed by atoms with Crippen molar-refractivity contribution in [2.45, 2.75) is 25.4 Å². The summed E-state index contributed by atoms with van der Waals surface area (Å²) in [7, 11) is 1.83. The van der Waals surface area contributed by atoms with Crippen LogP contribution in [-0.2, 0) is 4.74 Å². The van der Waals surface area contributed by atoms with Crippen LogP contribution in [-0.4, -0.2) is 50.8 Å². The van der Waals surface area contributed by atoms with Gasteiger partial charge in [-0.3, -0.25) is 0 Å². The van der Waals surface area contributed by atoms with Crippen LogP contribution in [0.25, 0.3) is 0 Å². The van der Waals surface area contributed by atoms with E-state index in [0.29, 0.717) is 6.10 Å². The lowest BCUT2D eigenvalue weighted by molar-refractivity contribution is 0.105. The molecular formula is C11H22N2O. The van der Waals surface area contributed by atoms with E-state index in [4.69, 9.17) is 4.74 Å². The van der Waals surface area contributed by atoms with E-state index in [2.05, 4.69) is 10.2 Å². The second-order valence-corrected chi connectivity index (χ2v) is 4.62. The number of nitrogens with zero attached hydrogens (tertiary/aromatic N) is 1. The maximum absolute atomic E-state index is 5.37. The minimum absolute atomic E-state index is 0.492. The molecule has 3 heteroatoms. The van der Waals surface area contributed by atoms with E-state index in [1.165, 1.54) is 45.4 Å². The van der Waals surface area contributed by atoms with Crippen LogP contribution in [0.4, 0.5) is 0 Å². The van der Waals surface area contributed by atoms with Crippen molar-refractivity contribution in [3.05, 3.63) is 0 Å². The largest absolute Gasteiger partial charge is 0.380 e. The topological polar surface area (TPSA) is 24.5 Å². The normalized spacial score (nSPS) is 34.9. The fourth-order valence-electron chi connectivity index (χ4n) is 2.60. The predicted molar refractivity (Wildman–Crippen MR) is 57.4 cm³/mol. The summed E-state index contributed by atoms with van der Waals surface area (Å²) in [6, 6.07) is 0. The van der Waals surface area contributed by atoms with Gasteiger partial charge in [0.2, 0.25) is 0 Å². The SMILES string of the molecule is COC1CCN(CC2CCCNC2)C1. The lowest BCUT2D eigenvalue weighted by Gasteiger charge is -2.27. The van der Waals surface area contributed by atoms with Crippen molar-refractivity contribution in [2.24, 2.45) is 5.92 Å². The third-order valence-corrected chi connectivity index (χ3v) is 3.48. The van der Waals surface area contributed by atoms with Crippen LogP contribution in [0.2, 0.25) is 0 Å². The van der Waals surface area contributed by atoms with Crippen molar-refractivity contribution in [3.8, 4) is 0 Å². The van der Waals surface area contributed by atoms with Gasteiger partial charge in [0.25, 0.3) is 0 Å². The molecule has 0 aromatic carbocycles. The molecule has 1 N–H and O–H groups in total. The Bertz CT molecular complexity index is 169. The molecule has 2 rings (SSSR count). The maximum Gasteiger partial charge on any atom is 0.0710 e. The third kappa shape index (κ3) is 2.69. The van der Waals surface area contributed by atoms with Crippen LogP contribution in [0, 0.1) is 5.92 Å². The quantitative estimate of drug-likeness (QED) is 0.723. The molecule has 2 fully saturated rings. The molecule has 14 heavy (non-hydrogen) atoms. The second-order valence-electron chi connectivity index (χ2n) is 4.62. The summed E-state index contributed by atoms with van der Waals surface area (Å²) in [5.74, 6) is 0.874. The minimum atomic E-state index is 0.492. The molecule has 2 aliphatic heterocycles. The van der Waals surface area contributed by atoms with E-state index < -0.39 is 0 Å². The summed E-state index contributed by atoms with van der Waals surface area (Å²) in [6.45, 7) is 6.08. The fourth-order valence-corrected chi connectivity index (χ4v) is 2.60.